The van der Waals surface area contributed by atoms with Gasteiger partial charge in [0.15, 0.2) is 5.82 Å². The minimum atomic E-state index is -2.49. The molecule has 0 saturated heterocycles. The van der Waals surface area contributed by atoms with Crippen LogP contribution < -0.4 is 5.32 Å². The summed E-state index contributed by atoms with van der Waals surface area (Å²) in [7, 11) is 0. The first kappa shape index (κ1) is 13.4. The quantitative estimate of drug-likeness (QED) is 0.911. The predicted molar refractivity (Wildman–Crippen MR) is 71.3 cm³/mol. The van der Waals surface area contributed by atoms with E-state index in [4.69, 9.17) is 0 Å². The zero-order valence-corrected chi connectivity index (χ0v) is 10.8. The van der Waals surface area contributed by atoms with E-state index in [2.05, 4.69) is 15.3 Å². The van der Waals surface area contributed by atoms with Crippen molar-refractivity contribution < 1.29 is 8.78 Å². The molecule has 0 saturated carbocycles. The van der Waals surface area contributed by atoms with Crippen molar-refractivity contribution in [3.8, 4) is 11.4 Å². The van der Waals surface area contributed by atoms with Gasteiger partial charge in [-0.25, -0.2) is 18.7 Å². The minimum Gasteiger partial charge on any atom is -0.370 e. The first-order chi connectivity index (χ1) is 9.10. The first-order valence-electron chi connectivity index (χ1n) is 6.08. The lowest BCUT2D eigenvalue weighted by molar-refractivity contribution is 0.151. The fourth-order valence-corrected chi connectivity index (χ4v) is 1.78. The summed E-state index contributed by atoms with van der Waals surface area (Å²) in [6, 6.07) is 7.97. The molecule has 19 heavy (non-hydrogen) atoms. The zero-order chi connectivity index (χ0) is 13.8. The van der Waals surface area contributed by atoms with Gasteiger partial charge < -0.3 is 5.32 Å². The Kier molecular flexibility index (Phi) is 4.04. The Morgan fingerprint density at radius 3 is 2.68 bits per heavy atom. The third-order valence-electron chi connectivity index (χ3n) is 2.61. The molecule has 0 amide bonds. The van der Waals surface area contributed by atoms with E-state index in [1.54, 1.807) is 12.1 Å². The summed E-state index contributed by atoms with van der Waals surface area (Å²) in [6.07, 6.45) is -2.49. The lowest BCUT2D eigenvalue weighted by Crippen LogP contribution is -2.02. The van der Waals surface area contributed by atoms with Crippen LogP contribution in [0.3, 0.4) is 0 Å². The van der Waals surface area contributed by atoms with E-state index in [1.165, 1.54) is 12.1 Å². The highest BCUT2D eigenvalue weighted by atomic mass is 19.3. The Balaban J connectivity index is 2.43. The molecule has 0 fully saturated rings. The van der Waals surface area contributed by atoms with Gasteiger partial charge in [-0.2, -0.15) is 0 Å². The summed E-state index contributed by atoms with van der Waals surface area (Å²) in [4.78, 5) is 8.62. The molecule has 0 atom stereocenters. The van der Waals surface area contributed by atoms with Crippen molar-refractivity contribution in [3.63, 3.8) is 0 Å². The molecule has 0 radical (unpaired) electrons. The molecule has 0 bridgehead atoms. The first-order valence-corrected chi connectivity index (χ1v) is 6.08. The number of aromatic nitrogens is 2. The maximum Gasteiger partial charge on any atom is 0.263 e. The molecule has 2 rings (SSSR count). The largest absolute Gasteiger partial charge is 0.370 e. The molecular formula is C14H15F2N3. The van der Waals surface area contributed by atoms with Gasteiger partial charge in [0.25, 0.3) is 6.43 Å². The van der Waals surface area contributed by atoms with Crippen LogP contribution in [0, 0.1) is 6.92 Å². The van der Waals surface area contributed by atoms with Gasteiger partial charge in [0.1, 0.15) is 5.82 Å². The molecule has 0 unspecified atom stereocenters. The summed E-state index contributed by atoms with van der Waals surface area (Å²) in [6.45, 7) is 4.56. The molecule has 1 aromatic carbocycles. The predicted octanol–water partition coefficient (Wildman–Crippen LogP) is 3.82. The van der Waals surface area contributed by atoms with Crippen LogP contribution in [0.2, 0.25) is 0 Å². The number of halogens is 2. The summed E-state index contributed by atoms with van der Waals surface area (Å²) >= 11 is 0. The molecule has 3 nitrogen and oxygen atoms in total. The normalized spacial score (nSPS) is 10.8. The van der Waals surface area contributed by atoms with Crippen LogP contribution in [0.4, 0.5) is 14.6 Å². The average Bonchev–Trinajstić information content (AvgIpc) is 2.38. The topological polar surface area (TPSA) is 37.8 Å². The van der Waals surface area contributed by atoms with Crippen LogP contribution >= 0.6 is 0 Å². The van der Waals surface area contributed by atoms with Crippen LogP contribution in [0.25, 0.3) is 11.4 Å². The SMILES string of the molecule is CCNc1cc(C)nc(-c2cccc(C(F)F)c2)n1. The molecule has 2 aromatic rings. The Bertz CT molecular complexity index is 570. The van der Waals surface area contributed by atoms with Gasteiger partial charge in [0, 0.05) is 29.4 Å². The molecule has 0 aliphatic rings. The third-order valence-corrected chi connectivity index (χ3v) is 2.61. The van der Waals surface area contributed by atoms with Gasteiger partial charge in [0.05, 0.1) is 0 Å². The Morgan fingerprint density at radius 1 is 1.21 bits per heavy atom. The molecular weight excluding hydrogens is 248 g/mol. The van der Waals surface area contributed by atoms with Crippen molar-refractivity contribution in [2.45, 2.75) is 20.3 Å². The Morgan fingerprint density at radius 2 is 2.00 bits per heavy atom. The van der Waals surface area contributed by atoms with E-state index in [0.29, 0.717) is 17.2 Å². The summed E-state index contributed by atoms with van der Waals surface area (Å²) in [5.74, 6) is 1.16. The molecule has 1 N–H and O–H groups in total. The fraction of sp³-hybridized carbons (Fsp3) is 0.286. The number of anilines is 1. The van der Waals surface area contributed by atoms with Gasteiger partial charge in [0.2, 0.25) is 0 Å². The zero-order valence-electron chi connectivity index (χ0n) is 10.8. The molecule has 0 aliphatic heterocycles. The average molecular weight is 263 g/mol. The smallest absolute Gasteiger partial charge is 0.263 e. The van der Waals surface area contributed by atoms with E-state index in [-0.39, 0.29) is 5.56 Å². The highest BCUT2D eigenvalue weighted by Gasteiger charge is 2.10. The number of rotatable bonds is 4. The van der Waals surface area contributed by atoms with Crippen molar-refractivity contribution in [1.82, 2.24) is 9.97 Å². The van der Waals surface area contributed by atoms with Crippen LogP contribution in [0.1, 0.15) is 24.6 Å². The minimum absolute atomic E-state index is 0.0207. The second kappa shape index (κ2) is 5.73. The number of alkyl halides is 2. The van der Waals surface area contributed by atoms with Crippen molar-refractivity contribution in [3.05, 3.63) is 41.6 Å². The Labute approximate surface area is 110 Å². The van der Waals surface area contributed by atoms with Gasteiger partial charge in [-0.3, -0.25) is 0 Å². The van der Waals surface area contributed by atoms with Crippen LogP contribution in [-0.4, -0.2) is 16.5 Å². The standard InChI is InChI=1S/C14H15F2N3/c1-3-17-12-7-9(2)18-14(19-12)11-6-4-5-10(8-11)13(15)16/h4-8,13H,3H2,1-2H3,(H,17,18,19). The number of hydrogen-bond donors (Lipinski definition) is 1. The number of nitrogens with one attached hydrogen (secondary N) is 1. The molecule has 0 spiro atoms. The van der Waals surface area contributed by atoms with Crippen LogP contribution in [0.15, 0.2) is 30.3 Å². The number of benzene rings is 1. The summed E-state index contributed by atoms with van der Waals surface area (Å²) in [5.41, 5.74) is 1.37. The molecule has 100 valence electrons. The second-order valence-corrected chi connectivity index (χ2v) is 4.17. The highest BCUT2D eigenvalue weighted by molar-refractivity contribution is 5.58. The highest BCUT2D eigenvalue weighted by Crippen LogP contribution is 2.24. The van der Waals surface area contributed by atoms with Crippen molar-refractivity contribution in [1.29, 1.82) is 0 Å². The third kappa shape index (κ3) is 3.24. The lowest BCUT2D eigenvalue weighted by Gasteiger charge is -2.08. The van der Waals surface area contributed by atoms with Crippen LogP contribution in [0.5, 0.6) is 0 Å². The molecule has 0 aliphatic carbocycles. The van der Waals surface area contributed by atoms with E-state index in [0.717, 1.165) is 12.2 Å². The summed E-state index contributed by atoms with van der Waals surface area (Å²) in [5, 5.41) is 3.10. The second-order valence-electron chi connectivity index (χ2n) is 4.17. The number of nitrogens with zero attached hydrogens (tertiary/aromatic N) is 2. The molecule has 1 heterocycles. The van der Waals surface area contributed by atoms with E-state index in [1.807, 2.05) is 19.9 Å². The van der Waals surface area contributed by atoms with Gasteiger partial charge in [-0.1, -0.05) is 18.2 Å². The summed E-state index contributed by atoms with van der Waals surface area (Å²) < 4.78 is 25.4. The maximum absolute atomic E-state index is 12.7. The van der Waals surface area contributed by atoms with E-state index in [9.17, 15) is 8.78 Å². The lowest BCUT2D eigenvalue weighted by atomic mass is 10.1. The van der Waals surface area contributed by atoms with Crippen molar-refractivity contribution >= 4 is 5.82 Å². The maximum atomic E-state index is 12.7. The Hall–Kier alpha value is -2.04. The van der Waals surface area contributed by atoms with E-state index >= 15 is 0 Å². The molecule has 5 heteroatoms. The van der Waals surface area contributed by atoms with Crippen molar-refractivity contribution in [2.75, 3.05) is 11.9 Å². The van der Waals surface area contributed by atoms with Gasteiger partial charge >= 0.3 is 0 Å². The van der Waals surface area contributed by atoms with Crippen molar-refractivity contribution in [2.24, 2.45) is 0 Å². The van der Waals surface area contributed by atoms with Gasteiger partial charge in [-0.05, 0) is 19.9 Å². The number of hydrogen-bond acceptors (Lipinski definition) is 3. The molecule has 1 aromatic heterocycles. The fourth-order valence-electron chi connectivity index (χ4n) is 1.78. The number of aryl methyl sites for hydroxylation is 1. The monoisotopic (exact) mass is 263 g/mol. The van der Waals surface area contributed by atoms with Crippen LogP contribution in [-0.2, 0) is 0 Å². The van der Waals surface area contributed by atoms with E-state index < -0.39 is 6.43 Å². The van der Waals surface area contributed by atoms with Gasteiger partial charge in [-0.15, -0.1) is 0 Å².